The molecule has 0 spiro atoms. The second-order valence-corrected chi connectivity index (χ2v) is 2.04. The minimum atomic E-state index is 0.701. The first-order valence-electron chi connectivity index (χ1n) is 2.38. The molecule has 0 aliphatic rings. The fraction of sp³-hybridized carbons (Fsp3) is 0.600. The lowest BCUT2D eigenvalue weighted by Crippen LogP contribution is -2.09. The molecule has 0 fully saturated rings. The van der Waals surface area contributed by atoms with Crippen LogP contribution in [-0.2, 0) is 0 Å². The maximum atomic E-state index is 5.64. The standard InChI is InChI=1S/C5H11ClN2/c1-7-4-5(6)8(2)3/h4,7H,1-3H3. The molecule has 0 atom stereocenters. The molecule has 0 aliphatic carbocycles. The van der Waals surface area contributed by atoms with Crippen molar-refractivity contribution < 1.29 is 0 Å². The summed E-state index contributed by atoms with van der Waals surface area (Å²) in [4.78, 5) is 1.82. The molecule has 0 unspecified atom stereocenters. The summed E-state index contributed by atoms with van der Waals surface area (Å²) in [5.41, 5.74) is 0. The number of nitrogens with one attached hydrogen (secondary N) is 1. The summed E-state index contributed by atoms with van der Waals surface area (Å²) in [6, 6.07) is 0. The van der Waals surface area contributed by atoms with Gasteiger partial charge in [0.05, 0.1) is 0 Å². The van der Waals surface area contributed by atoms with Crippen LogP contribution in [0.1, 0.15) is 0 Å². The highest BCUT2D eigenvalue weighted by molar-refractivity contribution is 6.29. The van der Waals surface area contributed by atoms with E-state index in [2.05, 4.69) is 5.32 Å². The average molecular weight is 135 g/mol. The smallest absolute Gasteiger partial charge is 0.120 e. The second-order valence-electron chi connectivity index (χ2n) is 1.65. The van der Waals surface area contributed by atoms with E-state index < -0.39 is 0 Å². The molecule has 0 bridgehead atoms. The van der Waals surface area contributed by atoms with Crippen LogP contribution in [0.25, 0.3) is 0 Å². The van der Waals surface area contributed by atoms with Crippen LogP contribution in [0, 0.1) is 0 Å². The number of hydrogen-bond donors (Lipinski definition) is 1. The molecular weight excluding hydrogens is 124 g/mol. The molecule has 0 saturated heterocycles. The molecule has 0 aromatic heterocycles. The van der Waals surface area contributed by atoms with Crippen molar-refractivity contribution in [1.29, 1.82) is 0 Å². The summed E-state index contributed by atoms with van der Waals surface area (Å²) in [7, 11) is 5.58. The van der Waals surface area contributed by atoms with Gasteiger partial charge in [-0.05, 0) is 0 Å². The molecule has 0 amide bonds. The van der Waals surface area contributed by atoms with Crippen LogP contribution in [0.2, 0.25) is 0 Å². The van der Waals surface area contributed by atoms with Crippen molar-refractivity contribution >= 4 is 11.6 Å². The molecule has 0 aliphatic heterocycles. The predicted molar refractivity (Wildman–Crippen MR) is 36.7 cm³/mol. The van der Waals surface area contributed by atoms with Gasteiger partial charge in [0.1, 0.15) is 5.16 Å². The molecule has 8 heavy (non-hydrogen) atoms. The number of hydrogen-bond acceptors (Lipinski definition) is 2. The highest BCUT2D eigenvalue weighted by atomic mass is 35.5. The first-order chi connectivity index (χ1) is 3.68. The fourth-order valence-electron chi connectivity index (χ4n) is 0.248. The Labute approximate surface area is 55.1 Å². The zero-order valence-corrected chi connectivity index (χ0v) is 6.16. The Morgan fingerprint density at radius 3 is 2.25 bits per heavy atom. The van der Waals surface area contributed by atoms with Crippen molar-refractivity contribution in [1.82, 2.24) is 10.2 Å². The highest BCUT2D eigenvalue weighted by Gasteiger charge is 1.88. The third kappa shape index (κ3) is 2.75. The molecule has 0 radical (unpaired) electrons. The SMILES string of the molecule is CNC=C(Cl)N(C)C. The second kappa shape index (κ2) is 3.61. The lowest BCUT2D eigenvalue weighted by atomic mass is 10.8. The average Bonchev–Trinajstić information content (AvgIpc) is 1.67. The molecule has 0 heterocycles. The van der Waals surface area contributed by atoms with Crippen LogP contribution in [-0.4, -0.2) is 26.0 Å². The van der Waals surface area contributed by atoms with Gasteiger partial charge in [-0.2, -0.15) is 0 Å². The molecule has 0 saturated carbocycles. The van der Waals surface area contributed by atoms with Gasteiger partial charge in [0.25, 0.3) is 0 Å². The quantitative estimate of drug-likeness (QED) is 0.563. The van der Waals surface area contributed by atoms with Gasteiger partial charge < -0.3 is 10.2 Å². The third-order valence-electron chi connectivity index (χ3n) is 0.691. The summed E-state index contributed by atoms with van der Waals surface area (Å²) in [6.07, 6.45) is 1.72. The largest absolute Gasteiger partial charge is 0.392 e. The molecule has 0 rings (SSSR count). The Morgan fingerprint density at radius 2 is 2.12 bits per heavy atom. The van der Waals surface area contributed by atoms with E-state index in [4.69, 9.17) is 11.6 Å². The van der Waals surface area contributed by atoms with Crippen LogP contribution in [0.4, 0.5) is 0 Å². The van der Waals surface area contributed by atoms with Crippen molar-refractivity contribution in [3.63, 3.8) is 0 Å². The Balaban J connectivity index is 3.61. The van der Waals surface area contributed by atoms with Crippen LogP contribution in [0.5, 0.6) is 0 Å². The van der Waals surface area contributed by atoms with E-state index in [0.717, 1.165) is 0 Å². The van der Waals surface area contributed by atoms with Gasteiger partial charge in [-0.1, -0.05) is 11.6 Å². The molecule has 3 heteroatoms. The zero-order chi connectivity index (χ0) is 6.57. The highest BCUT2D eigenvalue weighted by Crippen LogP contribution is 2.00. The van der Waals surface area contributed by atoms with Crippen molar-refractivity contribution in [3.8, 4) is 0 Å². The summed E-state index contributed by atoms with van der Waals surface area (Å²) in [5.74, 6) is 0. The number of rotatable bonds is 2. The molecule has 0 aromatic rings. The normalized spacial score (nSPS) is 11.2. The van der Waals surface area contributed by atoms with Crippen molar-refractivity contribution in [2.24, 2.45) is 0 Å². The Hall–Kier alpha value is -0.370. The van der Waals surface area contributed by atoms with Gasteiger partial charge in [0.2, 0.25) is 0 Å². The van der Waals surface area contributed by atoms with E-state index in [1.807, 2.05) is 26.0 Å². The van der Waals surface area contributed by atoms with Crippen LogP contribution >= 0.6 is 11.6 Å². The predicted octanol–water partition coefficient (Wildman–Crippen LogP) is 0.805. The molecule has 0 aromatic carbocycles. The first-order valence-corrected chi connectivity index (χ1v) is 2.76. The maximum Gasteiger partial charge on any atom is 0.120 e. The monoisotopic (exact) mass is 134 g/mol. The Bertz CT molecular complexity index is 88.4. The topological polar surface area (TPSA) is 15.3 Å². The lowest BCUT2D eigenvalue weighted by molar-refractivity contribution is 0.543. The Morgan fingerprint density at radius 1 is 1.62 bits per heavy atom. The summed E-state index contributed by atoms with van der Waals surface area (Å²) in [6.45, 7) is 0. The molecular formula is C5H11ClN2. The zero-order valence-electron chi connectivity index (χ0n) is 5.40. The van der Waals surface area contributed by atoms with Gasteiger partial charge >= 0.3 is 0 Å². The summed E-state index contributed by atoms with van der Waals surface area (Å²) in [5, 5.41) is 3.51. The first kappa shape index (κ1) is 7.63. The van der Waals surface area contributed by atoms with Crippen LogP contribution in [0.15, 0.2) is 11.4 Å². The van der Waals surface area contributed by atoms with Crippen LogP contribution < -0.4 is 5.32 Å². The van der Waals surface area contributed by atoms with E-state index in [1.54, 1.807) is 6.20 Å². The third-order valence-corrected chi connectivity index (χ3v) is 1.14. The summed E-state index contributed by atoms with van der Waals surface area (Å²) >= 11 is 5.64. The van der Waals surface area contributed by atoms with Gasteiger partial charge in [-0.3, -0.25) is 0 Å². The summed E-state index contributed by atoms with van der Waals surface area (Å²) < 4.78 is 0. The molecule has 2 nitrogen and oxygen atoms in total. The molecule has 48 valence electrons. The number of nitrogens with zero attached hydrogens (tertiary/aromatic N) is 1. The van der Waals surface area contributed by atoms with E-state index in [9.17, 15) is 0 Å². The van der Waals surface area contributed by atoms with Crippen molar-refractivity contribution in [2.75, 3.05) is 21.1 Å². The minimum Gasteiger partial charge on any atom is -0.392 e. The minimum absolute atomic E-state index is 0.701. The Kier molecular flexibility index (Phi) is 3.44. The van der Waals surface area contributed by atoms with E-state index >= 15 is 0 Å². The van der Waals surface area contributed by atoms with E-state index in [-0.39, 0.29) is 0 Å². The van der Waals surface area contributed by atoms with Gasteiger partial charge in [0.15, 0.2) is 0 Å². The van der Waals surface area contributed by atoms with Gasteiger partial charge in [-0.15, -0.1) is 0 Å². The molecule has 1 N–H and O–H groups in total. The van der Waals surface area contributed by atoms with Crippen molar-refractivity contribution in [2.45, 2.75) is 0 Å². The van der Waals surface area contributed by atoms with Gasteiger partial charge in [-0.25, -0.2) is 0 Å². The lowest BCUT2D eigenvalue weighted by Gasteiger charge is -2.08. The number of halogens is 1. The van der Waals surface area contributed by atoms with E-state index in [1.165, 1.54) is 0 Å². The maximum absolute atomic E-state index is 5.64. The van der Waals surface area contributed by atoms with Crippen molar-refractivity contribution in [3.05, 3.63) is 11.4 Å². The van der Waals surface area contributed by atoms with Gasteiger partial charge in [0, 0.05) is 27.3 Å². The van der Waals surface area contributed by atoms with Crippen LogP contribution in [0.3, 0.4) is 0 Å². The fourth-order valence-corrected chi connectivity index (χ4v) is 0.357. The van der Waals surface area contributed by atoms with E-state index in [0.29, 0.717) is 5.16 Å².